The Morgan fingerprint density at radius 3 is 2.86 bits per heavy atom. The molecule has 1 heterocycles. The summed E-state index contributed by atoms with van der Waals surface area (Å²) in [5.74, 6) is -0.674. The Labute approximate surface area is 166 Å². The van der Waals surface area contributed by atoms with Crippen molar-refractivity contribution in [2.75, 3.05) is 32.7 Å². The molecule has 1 fully saturated rings. The Balaban J connectivity index is 1.82. The first kappa shape index (κ1) is 22.1. The highest BCUT2D eigenvalue weighted by atomic mass is 32.2. The standard InChI is InChI=1S/C19H28N4O4S/c1-2-9-22-28(26,27)17-8-3-6-15(13-17)19(25)21-10-5-12-23-11-4-7-16(14-23)18(20)24/h2-3,6,8,13,16,22H,1,4-5,7,9-12,14H2,(H2,20,24)(H,21,25). The van der Waals surface area contributed by atoms with Gasteiger partial charge in [-0.3, -0.25) is 9.59 Å². The summed E-state index contributed by atoms with van der Waals surface area (Å²) in [7, 11) is -3.68. The van der Waals surface area contributed by atoms with Crippen molar-refractivity contribution in [2.45, 2.75) is 24.2 Å². The van der Waals surface area contributed by atoms with E-state index in [2.05, 4.69) is 21.5 Å². The largest absolute Gasteiger partial charge is 0.369 e. The Bertz CT molecular complexity index is 810. The van der Waals surface area contributed by atoms with Gasteiger partial charge >= 0.3 is 0 Å². The van der Waals surface area contributed by atoms with Crippen LogP contribution < -0.4 is 15.8 Å². The fourth-order valence-electron chi connectivity index (χ4n) is 3.15. The van der Waals surface area contributed by atoms with Crippen molar-refractivity contribution in [3.05, 3.63) is 42.5 Å². The third-order valence-electron chi connectivity index (χ3n) is 4.67. The molecule has 8 nitrogen and oxygen atoms in total. The number of piperidine rings is 1. The summed E-state index contributed by atoms with van der Waals surface area (Å²) in [6, 6.07) is 5.90. The van der Waals surface area contributed by atoms with Crippen LogP contribution in [-0.2, 0) is 14.8 Å². The molecule has 9 heteroatoms. The lowest BCUT2D eigenvalue weighted by molar-refractivity contribution is -0.123. The van der Waals surface area contributed by atoms with Gasteiger partial charge in [-0.2, -0.15) is 0 Å². The van der Waals surface area contributed by atoms with Crippen LogP contribution in [0.2, 0.25) is 0 Å². The van der Waals surface area contributed by atoms with Crippen molar-refractivity contribution < 1.29 is 18.0 Å². The molecule has 1 saturated heterocycles. The van der Waals surface area contributed by atoms with E-state index >= 15 is 0 Å². The molecule has 1 atom stereocenters. The molecular formula is C19H28N4O4S. The average Bonchev–Trinajstić information content (AvgIpc) is 2.70. The molecular weight excluding hydrogens is 380 g/mol. The van der Waals surface area contributed by atoms with Crippen LogP contribution in [0.1, 0.15) is 29.6 Å². The maximum Gasteiger partial charge on any atom is 0.251 e. The van der Waals surface area contributed by atoms with E-state index in [-0.39, 0.29) is 34.7 Å². The summed E-state index contributed by atoms with van der Waals surface area (Å²) in [5, 5.41) is 2.81. The number of hydrogen-bond acceptors (Lipinski definition) is 5. The van der Waals surface area contributed by atoms with Crippen molar-refractivity contribution in [1.29, 1.82) is 0 Å². The molecule has 1 aromatic rings. The molecule has 2 amide bonds. The molecule has 28 heavy (non-hydrogen) atoms. The molecule has 0 spiro atoms. The minimum absolute atomic E-state index is 0.0350. The molecule has 0 radical (unpaired) electrons. The van der Waals surface area contributed by atoms with Crippen LogP contribution in [0.5, 0.6) is 0 Å². The number of carbonyl (C=O) groups excluding carboxylic acids is 2. The zero-order chi connectivity index (χ0) is 20.6. The molecule has 1 aromatic carbocycles. The van der Waals surface area contributed by atoms with E-state index in [0.29, 0.717) is 13.1 Å². The SMILES string of the molecule is C=CCNS(=O)(=O)c1cccc(C(=O)NCCCN2CCCC(C(N)=O)C2)c1. The molecule has 4 N–H and O–H groups in total. The number of rotatable bonds is 10. The summed E-state index contributed by atoms with van der Waals surface area (Å²) < 4.78 is 26.7. The van der Waals surface area contributed by atoms with Gasteiger partial charge in [-0.1, -0.05) is 12.1 Å². The Morgan fingerprint density at radius 1 is 1.36 bits per heavy atom. The van der Waals surface area contributed by atoms with Gasteiger partial charge in [0, 0.05) is 25.2 Å². The highest BCUT2D eigenvalue weighted by Gasteiger charge is 2.23. The van der Waals surface area contributed by atoms with Crippen molar-refractivity contribution in [2.24, 2.45) is 11.7 Å². The minimum Gasteiger partial charge on any atom is -0.369 e. The van der Waals surface area contributed by atoms with Crippen LogP contribution in [0.4, 0.5) is 0 Å². The van der Waals surface area contributed by atoms with E-state index in [1.54, 1.807) is 6.07 Å². The monoisotopic (exact) mass is 408 g/mol. The third-order valence-corrected chi connectivity index (χ3v) is 6.09. The van der Waals surface area contributed by atoms with E-state index in [4.69, 9.17) is 5.73 Å². The van der Waals surface area contributed by atoms with Crippen LogP contribution in [-0.4, -0.2) is 57.9 Å². The fourth-order valence-corrected chi connectivity index (χ4v) is 4.20. The van der Waals surface area contributed by atoms with Gasteiger partial charge in [0.25, 0.3) is 5.91 Å². The number of nitrogens with zero attached hydrogens (tertiary/aromatic N) is 1. The molecule has 0 aliphatic carbocycles. The van der Waals surface area contributed by atoms with Gasteiger partial charge in [-0.05, 0) is 50.6 Å². The number of amides is 2. The first-order valence-corrected chi connectivity index (χ1v) is 10.8. The van der Waals surface area contributed by atoms with E-state index in [0.717, 1.165) is 32.4 Å². The van der Waals surface area contributed by atoms with Crippen molar-refractivity contribution >= 4 is 21.8 Å². The van der Waals surface area contributed by atoms with Crippen LogP contribution in [0.3, 0.4) is 0 Å². The second-order valence-electron chi connectivity index (χ2n) is 6.82. The van der Waals surface area contributed by atoms with Crippen molar-refractivity contribution in [1.82, 2.24) is 14.9 Å². The number of primary amides is 1. The van der Waals surface area contributed by atoms with Crippen molar-refractivity contribution in [3.63, 3.8) is 0 Å². The zero-order valence-corrected chi connectivity index (χ0v) is 16.7. The topological polar surface area (TPSA) is 122 Å². The quantitative estimate of drug-likeness (QED) is 0.384. The molecule has 154 valence electrons. The number of carbonyl (C=O) groups is 2. The van der Waals surface area contributed by atoms with Crippen LogP contribution in [0, 0.1) is 5.92 Å². The van der Waals surface area contributed by atoms with E-state index in [1.807, 2.05) is 0 Å². The number of nitrogens with one attached hydrogen (secondary N) is 2. The average molecular weight is 409 g/mol. The van der Waals surface area contributed by atoms with E-state index in [9.17, 15) is 18.0 Å². The number of hydrogen-bond donors (Lipinski definition) is 3. The highest BCUT2D eigenvalue weighted by molar-refractivity contribution is 7.89. The maximum atomic E-state index is 12.3. The summed E-state index contributed by atoms with van der Waals surface area (Å²) in [6.07, 6.45) is 3.96. The van der Waals surface area contributed by atoms with Crippen LogP contribution in [0.25, 0.3) is 0 Å². The predicted octanol–water partition coefficient (Wildman–Crippen LogP) is 0.468. The normalized spacial score (nSPS) is 17.8. The van der Waals surface area contributed by atoms with E-state index in [1.165, 1.54) is 24.3 Å². The summed E-state index contributed by atoms with van der Waals surface area (Å²) in [5.41, 5.74) is 5.67. The molecule has 1 unspecified atom stereocenters. The predicted molar refractivity (Wildman–Crippen MR) is 107 cm³/mol. The van der Waals surface area contributed by atoms with Gasteiger partial charge in [0.1, 0.15) is 0 Å². The molecule has 0 bridgehead atoms. The number of nitrogens with two attached hydrogens (primary N) is 1. The van der Waals surface area contributed by atoms with Gasteiger partial charge in [0.15, 0.2) is 0 Å². The molecule has 1 aliphatic rings. The molecule has 0 aromatic heterocycles. The maximum absolute atomic E-state index is 12.3. The van der Waals surface area contributed by atoms with Crippen LogP contribution in [0.15, 0.2) is 41.8 Å². The lowest BCUT2D eigenvalue weighted by Gasteiger charge is -2.31. The lowest BCUT2D eigenvalue weighted by Crippen LogP contribution is -2.42. The van der Waals surface area contributed by atoms with E-state index < -0.39 is 10.0 Å². The van der Waals surface area contributed by atoms with Gasteiger partial charge in [-0.25, -0.2) is 13.1 Å². The number of sulfonamides is 1. The van der Waals surface area contributed by atoms with Gasteiger partial charge < -0.3 is 16.0 Å². The van der Waals surface area contributed by atoms with Gasteiger partial charge in [0.2, 0.25) is 15.9 Å². The second kappa shape index (κ2) is 10.4. The number of benzene rings is 1. The number of likely N-dealkylation sites (tertiary alicyclic amines) is 1. The summed E-state index contributed by atoms with van der Waals surface area (Å²) >= 11 is 0. The third kappa shape index (κ3) is 6.43. The second-order valence-corrected chi connectivity index (χ2v) is 8.59. The lowest BCUT2D eigenvalue weighted by atomic mass is 9.97. The van der Waals surface area contributed by atoms with Gasteiger partial charge in [-0.15, -0.1) is 6.58 Å². The fraction of sp³-hybridized carbons (Fsp3) is 0.474. The highest BCUT2D eigenvalue weighted by Crippen LogP contribution is 2.16. The van der Waals surface area contributed by atoms with Crippen LogP contribution >= 0.6 is 0 Å². The molecule has 1 aliphatic heterocycles. The molecule has 0 saturated carbocycles. The first-order valence-electron chi connectivity index (χ1n) is 9.34. The first-order chi connectivity index (χ1) is 13.3. The Morgan fingerprint density at radius 2 is 2.14 bits per heavy atom. The van der Waals surface area contributed by atoms with Crippen molar-refractivity contribution in [3.8, 4) is 0 Å². The summed E-state index contributed by atoms with van der Waals surface area (Å²) in [4.78, 5) is 25.9. The Hall–Kier alpha value is -2.23. The molecule has 2 rings (SSSR count). The minimum atomic E-state index is -3.68. The smallest absolute Gasteiger partial charge is 0.251 e. The summed E-state index contributed by atoms with van der Waals surface area (Å²) in [6.45, 7) is 6.41. The zero-order valence-electron chi connectivity index (χ0n) is 15.9. The Kier molecular flexibility index (Phi) is 8.16. The van der Waals surface area contributed by atoms with Gasteiger partial charge in [0.05, 0.1) is 10.8 Å².